The van der Waals surface area contributed by atoms with Gasteiger partial charge in [-0.3, -0.25) is 4.79 Å². The van der Waals surface area contributed by atoms with Gasteiger partial charge in [-0.15, -0.1) is 5.10 Å². The van der Waals surface area contributed by atoms with Gasteiger partial charge in [-0.25, -0.2) is 24.2 Å². The molecule has 0 bridgehead atoms. The van der Waals surface area contributed by atoms with Gasteiger partial charge in [0.25, 0.3) is 15.9 Å². The number of carbonyl (C=O) groups is 2. The first-order chi connectivity index (χ1) is 24.5. The van der Waals surface area contributed by atoms with Crippen LogP contribution in [0.15, 0.2) is 47.6 Å². The van der Waals surface area contributed by atoms with E-state index in [4.69, 9.17) is 25.8 Å². The van der Waals surface area contributed by atoms with Crippen molar-refractivity contribution in [3.05, 3.63) is 53.3 Å². The summed E-state index contributed by atoms with van der Waals surface area (Å²) < 4.78 is 47.3. The summed E-state index contributed by atoms with van der Waals surface area (Å²) in [5.41, 5.74) is 0.130. The molecule has 3 aliphatic carbocycles. The number of halogens is 1. The maximum atomic E-state index is 13.1. The molecule has 14 nitrogen and oxygen atoms in total. The Hall–Kier alpha value is -3.95. The van der Waals surface area contributed by atoms with E-state index < -0.39 is 27.1 Å². The van der Waals surface area contributed by atoms with E-state index in [1.54, 1.807) is 23.2 Å². The molecule has 3 aromatic rings. The first-order valence-electron chi connectivity index (χ1n) is 17.8. The minimum atomic E-state index is -4.36. The lowest BCUT2D eigenvalue weighted by atomic mass is 10.0. The van der Waals surface area contributed by atoms with Crippen LogP contribution < -0.4 is 14.8 Å². The maximum absolute atomic E-state index is 13.1. The molecule has 4 aliphatic rings. The number of amides is 2. The summed E-state index contributed by atoms with van der Waals surface area (Å²) in [5.74, 6) is 0.936. The molecule has 2 amide bonds. The van der Waals surface area contributed by atoms with Crippen molar-refractivity contribution in [2.75, 3.05) is 31.6 Å². The molecular formula is C36H46ClN7O7S. The highest BCUT2D eigenvalue weighted by molar-refractivity contribution is 7.90. The second-order valence-electron chi connectivity index (χ2n) is 15.9. The van der Waals surface area contributed by atoms with Crippen molar-refractivity contribution in [3.8, 4) is 11.7 Å². The van der Waals surface area contributed by atoms with Crippen LogP contribution in [0, 0.1) is 16.7 Å². The number of hydrogen-bond donors (Lipinski definition) is 2. The van der Waals surface area contributed by atoms with Gasteiger partial charge in [0.2, 0.25) is 5.88 Å². The minimum absolute atomic E-state index is 0.128. The van der Waals surface area contributed by atoms with Crippen LogP contribution in [0.2, 0.25) is 5.15 Å². The number of sulfonamides is 1. The number of fused-ring (bicyclic) bond motifs is 1. The normalized spacial score (nSPS) is 20.9. The van der Waals surface area contributed by atoms with Gasteiger partial charge in [0.1, 0.15) is 16.6 Å². The number of ether oxygens (including phenoxy) is 3. The third kappa shape index (κ3) is 7.31. The summed E-state index contributed by atoms with van der Waals surface area (Å²) in [6, 6.07) is 9.05. The number of nitrogens with one attached hydrogen (secondary N) is 2. The van der Waals surface area contributed by atoms with Crippen molar-refractivity contribution in [2.24, 2.45) is 16.7 Å². The molecule has 280 valence electrons. The Kier molecular flexibility index (Phi) is 9.22. The number of hydrogen-bond acceptors (Lipinski definition) is 11. The molecule has 4 heterocycles. The number of likely N-dealkylation sites (tertiary alicyclic amines) is 1. The Balaban J connectivity index is 0.883. The van der Waals surface area contributed by atoms with E-state index in [2.05, 4.69) is 20.4 Å². The van der Waals surface area contributed by atoms with Crippen molar-refractivity contribution in [3.63, 3.8) is 0 Å². The summed E-state index contributed by atoms with van der Waals surface area (Å²) in [4.78, 5) is 35.8. The topological polar surface area (TPSA) is 167 Å². The molecule has 16 heteroatoms. The van der Waals surface area contributed by atoms with E-state index in [9.17, 15) is 18.0 Å². The molecular weight excluding hydrogens is 710 g/mol. The van der Waals surface area contributed by atoms with Crippen LogP contribution in [0.25, 0.3) is 5.82 Å². The van der Waals surface area contributed by atoms with Crippen LogP contribution in [-0.2, 0) is 19.5 Å². The molecule has 4 fully saturated rings. The van der Waals surface area contributed by atoms with Crippen molar-refractivity contribution in [1.82, 2.24) is 29.4 Å². The number of pyridine rings is 2. The van der Waals surface area contributed by atoms with Crippen LogP contribution in [0.1, 0.15) is 83.5 Å². The molecule has 3 saturated carbocycles. The largest absolute Gasteiger partial charge is 0.477 e. The van der Waals surface area contributed by atoms with Gasteiger partial charge >= 0.3 is 6.09 Å². The van der Waals surface area contributed by atoms with Crippen LogP contribution in [-0.4, -0.2) is 88.6 Å². The van der Waals surface area contributed by atoms with Crippen molar-refractivity contribution >= 4 is 39.4 Å². The predicted molar refractivity (Wildman–Crippen MR) is 192 cm³/mol. The number of anilines is 1. The molecule has 1 unspecified atom stereocenters. The number of aromatic nitrogens is 4. The number of rotatable bonds is 13. The Labute approximate surface area is 309 Å². The van der Waals surface area contributed by atoms with Crippen molar-refractivity contribution in [1.29, 1.82) is 0 Å². The van der Waals surface area contributed by atoms with Gasteiger partial charge in [0.05, 0.1) is 31.4 Å². The number of nitrogens with zero attached hydrogens (tertiary/aromatic N) is 5. The lowest BCUT2D eigenvalue weighted by molar-refractivity contribution is 0.0105. The van der Waals surface area contributed by atoms with E-state index in [0.29, 0.717) is 48.6 Å². The number of carbonyl (C=O) groups excluding carboxylic acids is 2. The third-order valence-electron chi connectivity index (χ3n) is 10.8. The highest BCUT2D eigenvalue weighted by atomic mass is 35.5. The highest BCUT2D eigenvalue weighted by Gasteiger charge is 2.85. The Morgan fingerprint density at radius 3 is 2.42 bits per heavy atom. The molecule has 0 radical (unpaired) electrons. The van der Waals surface area contributed by atoms with Crippen LogP contribution in [0.3, 0.4) is 0 Å². The summed E-state index contributed by atoms with van der Waals surface area (Å²) in [5, 5.41) is 6.93. The smallest absolute Gasteiger partial charge is 0.410 e. The molecule has 1 aliphatic heterocycles. The van der Waals surface area contributed by atoms with Gasteiger partial charge in [-0.2, -0.15) is 8.42 Å². The van der Waals surface area contributed by atoms with Crippen molar-refractivity contribution < 1.29 is 32.2 Å². The Morgan fingerprint density at radius 1 is 1.02 bits per heavy atom. The average Bonchev–Trinajstić information content (AvgIpc) is 4.01. The quantitative estimate of drug-likeness (QED) is 0.164. The van der Waals surface area contributed by atoms with Gasteiger partial charge in [-0.1, -0.05) is 17.7 Å². The molecule has 2 N–H and O–H groups in total. The Bertz CT molecular complexity index is 1950. The van der Waals surface area contributed by atoms with E-state index in [1.165, 1.54) is 54.6 Å². The first-order valence-corrected chi connectivity index (χ1v) is 19.6. The third-order valence-corrected chi connectivity index (χ3v) is 12.3. The molecule has 1 atom stereocenters. The summed E-state index contributed by atoms with van der Waals surface area (Å²) in [7, 11) is -4.36. The van der Waals surface area contributed by atoms with E-state index in [0.717, 1.165) is 12.3 Å². The van der Waals surface area contributed by atoms with Crippen LogP contribution in [0.5, 0.6) is 5.88 Å². The standard InChI is InChI=1S/C36H46ClN7O7S/c1-33(2,3)51-32(46)43-22-23(21-34(43,4)5)49-20-17-38-26-7-6-8-29(39-26)52(47,48)42-31(45)24-9-10-27(40-30(24)37)44-18-11-28(41-44)50-19-12-25-35(13-14-35)36(25)15-16-36/h6-11,18,23,25H,12-17,19-22H2,1-5H3,(H,38,39)(H,42,45). The SMILES string of the molecule is CC(C)(C)OC(=O)N1CC(OCCNc2cccc(S(=O)(=O)NC(=O)c3ccc(-n4ccc(OCCC5C6(CC6)C56CC6)n4)nc3Cl)n2)CC1(C)C. The average molecular weight is 756 g/mol. The second-order valence-corrected chi connectivity index (χ2v) is 17.9. The first kappa shape index (κ1) is 36.4. The van der Waals surface area contributed by atoms with E-state index in [1.807, 2.05) is 39.3 Å². The lowest BCUT2D eigenvalue weighted by Crippen LogP contribution is -2.45. The fraction of sp³-hybridized carbons (Fsp3) is 0.583. The summed E-state index contributed by atoms with van der Waals surface area (Å²) >= 11 is 6.35. The Morgan fingerprint density at radius 2 is 1.75 bits per heavy atom. The van der Waals surface area contributed by atoms with E-state index >= 15 is 0 Å². The lowest BCUT2D eigenvalue weighted by Gasteiger charge is -2.33. The molecule has 52 heavy (non-hydrogen) atoms. The maximum Gasteiger partial charge on any atom is 0.410 e. The predicted octanol–water partition coefficient (Wildman–Crippen LogP) is 5.61. The van der Waals surface area contributed by atoms with Crippen molar-refractivity contribution in [2.45, 2.75) is 95.4 Å². The minimum Gasteiger partial charge on any atom is -0.477 e. The zero-order valence-electron chi connectivity index (χ0n) is 30.1. The summed E-state index contributed by atoms with van der Waals surface area (Å²) in [6.45, 7) is 11.1. The van der Waals surface area contributed by atoms with Gasteiger partial charge in [-0.05, 0) is 114 Å². The van der Waals surface area contributed by atoms with Gasteiger partial charge in [0.15, 0.2) is 10.8 Å². The molecule has 1 saturated heterocycles. The highest BCUT2D eigenvalue weighted by Crippen LogP contribution is 2.93. The molecule has 2 spiro atoms. The fourth-order valence-electron chi connectivity index (χ4n) is 8.10. The zero-order chi connectivity index (χ0) is 37.1. The van der Waals surface area contributed by atoms with Gasteiger partial charge in [0, 0.05) is 24.3 Å². The second kappa shape index (κ2) is 13.2. The molecule has 0 aromatic carbocycles. The monoisotopic (exact) mass is 755 g/mol. The molecule has 3 aromatic heterocycles. The molecule has 7 rings (SSSR count). The summed E-state index contributed by atoms with van der Waals surface area (Å²) in [6.07, 6.45) is 8.30. The zero-order valence-corrected chi connectivity index (χ0v) is 31.7. The van der Waals surface area contributed by atoms with E-state index in [-0.39, 0.29) is 40.4 Å². The van der Waals surface area contributed by atoms with Crippen LogP contribution >= 0.6 is 11.6 Å². The van der Waals surface area contributed by atoms with Crippen LogP contribution in [0.4, 0.5) is 10.6 Å². The fourth-order valence-corrected chi connectivity index (χ4v) is 9.27. The van der Waals surface area contributed by atoms with Gasteiger partial charge < -0.3 is 24.4 Å².